The van der Waals surface area contributed by atoms with Crippen molar-refractivity contribution in [3.05, 3.63) is 89.3 Å². The molecule has 1 N–H and O–H groups in total. The van der Waals surface area contributed by atoms with Gasteiger partial charge in [0.2, 0.25) is 0 Å². The zero-order chi connectivity index (χ0) is 34.1. The molecule has 2 aromatic rings. The van der Waals surface area contributed by atoms with Crippen molar-refractivity contribution in [2.45, 2.75) is 118 Å². The van der Waals surface area contributed by atoms with E-state index in [-0.39, 0.29) is 5.41 Å². The lowest BCUT2D eigenvalue weighted by atomic mass is 9.74. The van der Waals surface area contributed by atoms with Gasteiger partial charge in [0.05, 0.1) is 34.6 Å². The molecule has 5 nitrogen and oxygen atoms in total. The average molecular weight is 634 g/mol. The first kappa shape index (κ1) is 37.5. The molecule has 0 aromatic heterocycles. The van der Waals surface area contributed by atoms with Gasteiger partial charge < -0.3 is 15.1 Å². The minimum Gasteiger partial charge on any atom is -0.385 e. The number of allylic oxidation sites excluding steroid dienone is 5. The van der Waals surface area contributed by atoms with Crippen LogP contribution in [0.25, 0.3) is 0 Å². The van der Waals surface area contributed by atoms with Crippen LogP contribution in [0.1, 0.15) is 123 Å². The van der Waals surface area contributed by atoms with Crippen molar-refractivity contribution in [3.8, 4) is 12.1 Å². The fourth-order valence-electron chi connectivity index (χ4n) is 6.58. The van der Waals surface area contributed by atoms with Crippen molar-refractivity contribution in [1.82, 2.24) is 0 Å². The van der Waals surface area contributed by atoms with Crippen molar-refractivity contribution in [2.75, 3.05) is 34.8 Å². The van der Waals surface area contributed by atoms with Crippen molar-refractivity contribution in [1.29, 1.82) is 10.5 Å². The molecule has 1 atom stereocenters. The molecule has 5 heteroatoms. The highest BCUT2D eigenvalue weighted by molar-refractivity contribution is 5.82. The van der Waals surface area contributed by atoms with Crippen LogP contribution in [0, 0.1) is 28.6 Å². The van der Waals surface area contributed by atoms with Crippen LogP contribution in [0.5, 0.6) is 0 Å². The topological polar surface area (TPSA) is 66.1 Å². The molecule has 0 amide bonds. The third-order valence-electron chi connectivity index (χ3n) is 9.23. The normalized spacial score (nSPS) is 15.3. The van der Waals surface area contributed by atoms with E-state index in [0.717, 1.165) is 69.7 Å². The summed E-state index contributed by atoms with van der Waals surface area (Å²) >= 11 is 0. The quantitative estimate of drug-likeness (QED) is 0.0892. The summed E-state index contributed by atoms with van der Waals surface area (Å²) in [5.41, 5.74) is 5.99. The number of fused-ring (bicyclic) bond motifs is 1. The van der Waals surface area contributed by atoms with E-state index in [4.69, 9.17) is 0 Å². The molecule has 1 aliphatic heterocycles. The minimum atomic E-state index is -0.164. The van der Waals surface area contributed by atoms with Gasteiger partial charge in [-0.1, -0.05) is 91.9 Å². The van der Waals surface area contributed by atoms with E-state index in [0.29, 0.717) is 17.1 Å². The number of anilines is 3. The molecule has 1 aliphatic rings. The second-order valence-corrected chi connectivity index (χ2v) is 13.7. The van der Waals surface area contributed by atoms with Gasteiger partial charge in [0.15, 0.2) is 0 Å². The molecule has 1 heterocycles. The molecule has 0 spiro atoms. The Hall–Kier alpha value is -3.96. The third kappa shape index (κ3) is 10.8. The molecule has 0 saturated carbocycles. The van der Waals surface area contributed by atoms with Gasteiger partial charge in [-0.05, 0) is 104 Å². The Labute approximate surface area is 286 Å². The van der Waals surface area contributed by atoms with E-state index in [1.165, 1.54) is 49.0 Å². The number of nitrogens with zero attached hydrogens (tertiary/aromatic N) is 4. The summed E-state index contributed by atoms with van der Waals surface area (Å²) in [5, 5.41) is 23.6. The van der Waals surface area contributed by atoms with Gasteiger partial charge in [0.1, 0.15) is 5.82 Å². The second kappa shape index (κ2) is 19.6. The highest BCUT2D eigenvalue weighted by Crippen LogP contribution is 2.42. The van der Waals surface area contributed by atoms with Crippen molar-refractivity contribution in [3.63, 3.8) is 0 Å². The van der Waals surface area contributed by atoms with Gasteiger partial charge in [-0.2, -0.15) is 10.5 Å². The molecule has 0 aliphatic carbocycles. The fourth-order valence-corrected chi connectivity index (χ4v) is 6.58. The molecule has 0 bridgehead atoms. The first-order valence-electron chi connectivity index (χ1n) is 18.2. The number of para-hydroxylation sites is 2. The fraction of sp³-hybridized carbons (Fsp3) is 0.524. The Morgan fingerprint density at radius 3 is 2.26 bits per heavy atom. The summed E-state index contributed by atoms with van der Waals surface area (Å²) < 4.78 is 0. The summed E-state index contributed by atoms with van der Waals surface area (Å²) in [4.78, 5) is 4.84. The zero-order valence-corrected chi connectivity index (χ0v) is 30.1. The van der Waals surface area contributed by atoms with Crippen LogP contribution < -0.4 is 15.1 Å². The predicted molar refractivity (Wildman–Crippen MR) is 202 cm³/mol. The molecule has 2 aromatic carbocycles. The van der Waals surface area contributed by atoms with Gasteiger partial charge >= 0.3 is 0 Å². The van der Waals surface area contributed by atoms with Crippen LogP contribution >= 0.6 is 0 Å². The largest absolute Gasteiger partial charge is 0.385 e. The van der Waals surface area contributed by atoms with Gasteiger partial charge in [0.25, 0.3) is 0 Å². The molecule has 3 rings (SSSR count). The number of nitrogens with one attached hydrogen (secondary N) is 1. The number of rotatable bonds is 20. The monoisotopic (exact) mass is 633 g/mol. The highest BCUT2D eigenvalue weighted by atomic mass is 15.4. The molecular weight excluding hydrogens is 574 g/mol. The number of nitriles is 2. The molecule has 47 heavy (non-hydrogen) atoms. The SMILES string of the molecule is CCCCCCCC(C)(C/C=C/C(C#N)=C/C=C1/N(CCC)c2ccccc2N1CCCC(C)C)c1cc(C#N)ccc1NCCC. The maximum Gasteiger partial charge on any atom is 0.113 e. The number of unbranched alkanes of at least 4 members (excludes halogenated alkanes) is 4. The Bertz CT molecular complexity index is 1440. The van der Waals surface area contributed by atoms with Crippen LogP contribution in [0.4, 0.5) is 17.1 Å². The maximum absolute atomic E-state index is 10.2. The van der Waals surface area contributed by atoms with E-state index < -0.39 is 0 Å². The lowest BCUT2D eigenvalue weighted by Crippen LogP contribution is -2.29. The van der Waals surface area contributed by atoms with Crippen LogP contribution in [0.2, 0.25) is 0 Å². The number of hydrogen-bond donors (Lipinski definition) is 1. The van der Waals surface area contributed by atoms with Crippen molar-refractivity contribution in [2.24, 2.45) is 5.92 Å². The highest BCUT2D eigenvalue weighted by Gasteiger charge is 2.30. The first-order valence-corrected chi connectivity index (χ1v) is 18.2. The molecule has 0 saturated heterocycles. The summed E-state index contributed by atoms with van der Waals surface area (Å²) in [7, 11) is 0. The summed E-state index contributed by atoms with van der Waals surface area (Å²) in [6.45, 7) is 16.3. The van der Waals surface area contributed by atoms with Gasteiger partial charge in [0, 0.05) is 25.3 Å². The van der Waals surface area contributed by atoms with Gasteiger partial charge in [-0.3, -0.25) is 0 Å². The van der Waals surface area contributed by atoms with Crippen LogP contribution in [-0.4, -0.2) is 19.6 Å². The maximum atomic E-state index is 10.2. The lowest BCUT2D eigenvalue weighted by molar-refractivity contribution is 0.412. The first-order chi connectivity index (χ1) is 22.8. The molecule has 0 fully saturated rings. The Kier molecular flexibility index (Phi) is 15.7. The predicted octanol–water partition coefficient (Wildman–Crippen LogP) is 11.4. The molecule has 252 valence electrons. The van der Waals surface area contributed by atoms with E-state index in [1.54, 1.807) is 0 Å². The standard InChI is InChI=1S/C42H59N5/c1-7-10-11-12-15-26-42(6,37-31-36(33-44)22-24-38(37)45-28-8-2)27-16-19-35(32-43)23-25-41-46(29-9-3)39-20-13-14-21-40(39)47(41)30-17-18-34(4)5/h13-14,16,19-25,31,34,45H,7-12,15,17-18,26-30H2,1-6H3/b19-16+,35-23-,41-25-. The molecule has 0 radical (unpaired) electrons. The van der Waals surface area contributed by atoms with Gasteiger partial charge in [-0.25, -0.2) is 0 Å². The summed E-state index contributed by atoms with van der Waals surface area (Å²) in [5.74, 6) is 1.82. The van der Waals surface area contributed by atoms with Crippen molar-refractivity contribution >= 4 is 17.1 Å². The van der Waals surface area contributed by atoms with Crippen LogP contribution in [-0.2, 0) is 5.41 Å². The smallest absolute Gasteiger partial charge is 0.113 e. The molecule has 1 unspecified atom stereocenters. The van der Waals surface area contributed by atoms with Crippen molar-refractivity contribution < 1.29 is 0 Å². The van der Waals surface area contributed by atoms with E-state index in [9.17, 15) is 10.5 Å². The Morgan fingerprint density at radius 2 is 1.62 bits per heavy atom. The van der Waals surface area contributed by atoms with Crippen LogP contribution in [0.3, 0.4) is 0 Å². The minimum absolute atomic E-state index is 0.164. The Morgan fingerprint density at radius 1 is 0.894 bits per heavy atom. The number of benzene rings is 2. The number of hydrogen-bond acceptors (Lipinski definition) is 5. The van der Waals surface area contributed by atoms with Gasteiger partial charge in [-0.15, -0.1) is 0 Å². The van der Waals surface area contributed by atoms with E-state index in [1.807, 2.05) is 18.2 Å². The zero-order valence-electron chi connectivity index (χ0n) is 30.1. The second-order valence-electron chi connectivity index (χ2n) is 13.7. The lowest BCUT2D eigenvalue weighted by Gasteiger charge is -2.32. The summed E-state index contributed by atoms with van der Waals surface area (Å²) in [6.07, 6.45) is 20.6. The van der Waals surface area contributed by atoms with E-state index in [2.05, 4.69) is 117 Å². The van der Waals surface area contributed by atoms with Crippen LogP contribution in [0.15, 0.2) is 78.2 Å². The summed E-state index contributed by atoms with van der Waals surface area (Å²) in [6, 6.07) is 19.6. The average Bonchev–Trinajstić information content (AvgIpc) is 3.37. The van der Waals surface area contributed by atoms with E-state index >= 15 is 0 Å². The molecular formula is C42H59N5. The Balaban J connectivity index is 1.93. The third-order valence-corrected chi connectivity index (χ3v) is 9.23.